The van der Waals surface area contributed by atoms with Crippen molar-refractivity contribution in [2.45, 2.75) is 25.7 Å². The number of nitrogens with one attached hydrogen (secondary N) is 1. The van der Waals surface area contributed by atoms with Crippen LogP contribution in [0.4, 0.5) is 5.82 Å². The van der Waals surface area contributed by atoms with E-state index in [4.69, 9.17) is 13.9 Å². The summed E-state index contributed by atoms with van der Waals surface area (Å²) in [6.45, 7) is 1.05. The summed E-state index contributed by atoms with van der Waals surface area (Å²) < 4.78 is 11.7. The first-order valence-electron chi connectivity index (χ1n) is 9.60. The molecule has 28 heavy (non-hydrogen) atoms. The Labute approximate surface area is 163 Å². The Kier molecular flexibility index (Phi) is 5.68. The predicted octanol–water partition coefficient (Wildman–Crippen LogP) is 5.11. The number of aliphatic hydroxyl groups excluding tert-OH is 1. The largest absolute Gasteiger partial charge is 0.461 e. The number of aliphatic hydroxyl groups is 1. The number of hydrogen-bond donors (Lipinski definition) is 2. The molecule has 0 saturated carbocycles. The number of unbranched alkanes of at least 4 members (excludes halogenated alkanes) is 3. The fraction of sp³-hybridized carbons (Fsp3) is 0.273. The van der Waals surface area contributed by atoms with E-state index in [1.165, 1.54) is 6.33 Å². The van der Waals surface area contributed by atoms with Gasteiger partial charge in [0.25, 0.3) is 0 Å². The first-order chi connectivity index (χ1) is 13.9. The van der Waals surface area contributed by atoms with E-state index in [0.29, 0.717) is 17.2 Å². The zero-order chi connectivity index (χ0) is 19.2. The summed E-state index contributed by atoms with van der Waals surface area (Å²) in [6.07, 6.45) is 7.10. The molecule has 3 heterocycles. The molecule has 3 aromatic heterocycles. The van der Waals surface area contributed by atoms with Gasteiger partial charge in [-0.2, -0.15) is 0 Å². The van der Waals surface area contributed by atoms with Crippen molar-refractivity contribution in [1.29, 1.82) is 0 Å². The first kappa shape index (κ1) is 18.3. The van der Waals surface area contributed by atoms with E-state index in [1.807, 2.05) is 42.5 Å². The summed E-state index contributed by atoms with van der Waals surface area (Å²) in [6, 6.07) is 13.8. The molecular weight excluding hydrogens is 354 g/mol. The van der Waals surface area contributed by atoms with Crippen molar-refractivity contribution in [2.24, 2.45) is 0 Å². The molecule has 0 atom stereocenters. The van der Waals surface area contributed by atoms with E-state index in [9.17, 15) is 0 Å². The van der Waals surface area contributed by atoms with Gasteiger partial charge in [-0.05, 0) is 30.5 Å². The zero-order valence-electron chi connectivity index (χ0n) is 15.6. The van der Waals surface area contributed by atoms with Crippen LogP contribution in [0.25, 0.3) is 33.7 Å². The van der Waals surface area contributed by atoms with Crippen molar-refractivity contribution in [1.82, 2.24) is 9.97 Å². The second-order valence-electron chi connectivity index (χ2n) is 6.62. The highest BCUT2D eigenvalue weighted by molar-refractivity contribution is 6.05. The van der Waals surface area contributed by atoms with E-state index in [2.05, 4.69) is 15.3 Å². The highest BCUT2D eigenvalue weighted by Gasteiger charge is 2.23. The highest BCUT2D eigenvalue weighted by Crippen LogP contribution is 2.42. The van der Waals surface area contributed by atoms with E-state index < -0.39 is 0 Å². The van der Waals surface area contributed by atoms with Crippen LogP contribution < -0.4 is 5.32 Å². The molecule has 0 aliphatic carbocycles. The number of nitrogens with zero attached hydrogens (tertiary/aromatic N) is 2. The van der Waals surface area contributed by atoms with Crippen molar-refractivity contribution in [3.8, 4) is 22.6 Å². The Morgan fingerprint density at radius 1 is 0.929 bits per heavy atom. The average Bonchev–Trinajstić information content (AvgIpc) is 3.39. The van der Waals surface area contributed by atoms with Gasteiger partial charge in [-0.15, -0.1) is 0 Å². The molecule has 144 valence electrons. The van der Waals surface area contributed by atoms with Crippen LogP contribution in [0.1, 0.15) is 25.7 Å². The average molecular weight is 377 g/mol. The van der Waals surface area contributed by atoms with Crippen LogP contribution in [0.15, 0.2) is 63.9 Å². The second-order valence-corrected chi connectivity index (χ2v) is 6.62. The highest BCUT2D eigenvalue weighted by atomic mass is 16.4. The minimum absolute atomic E-state index is 0.255. The minimum Gasteiger partial charge on any atom is -0.461 e. The molecule has 6 nitrogen and oxygen atoms in total. The molecule has 0 radical (unpaired) electrons. The van der Waals surface area contributed by atoms with Crippen molar-refractivity contribution in [2.75, 3.05) is 18.5 Å². The van der Waals surface area contributed by atoms with Crippen LogP contribution in [0.5, 0.6) is 0 Å². The fourth-order valence-corrected chi connectivity index (χ4v) is 3.33. The van der Waals surface area contributed by atoms with Crippen LogP contribution in [-0.2, 0) is 0 Å². The zero-order valence-corrected chi connectivity index (χ0v) is 15.6. The predicted molar refractivity (Wildman–Crippen MR) is 109 cm³/mol. The molecule has 0 spiro atoms. The molecule has 4 rings (SSSR count). The Morgan fingerprint density at radius 3 is 2.57 bits per heavy atom. The summed E-state index contributed by atoms with van der Waals surface area (Å²) in [5.74, 6) is 2.07. The van der Waals surface area contributed by atoms with E-state index in [1.54, 1.807) is 6.26 Å². The van der Waals surface area contributed by atoms with Crippen molar-refractivity contribution in [3.63, 3.8) is 0 Å². The molecule has 0 aliphatic rings. The lowest BCUT2D eigenvalue weighted by atomic mass is 10.0. The Bertz CT molecular complexity index is 1010. The maximum atomic E-state index is 8.89. The van der Waals surface area contributed by atoms with Gasteiger partial charge >= 0.3 is 0 Å². The molecule has 0 fully saturated rings. The molecule has 0 unspecified atom stereocenters. The second kappa shape index (κ2) is 8.71. The molecule has 2 N–H and O–H groups in total. The summed E-state index contributed by atoms with van der Waals surface area (Å²) in [5.41, 5.74) is 2.48. The van der Waals surface area contributed by atoms with Gasteiger partial charge in [-0.3, -0.25) is 0 Å². The number of furan rings is 2. The molecule has 0 bridgehead atoms. The molecule has 0 amide bonds. The fourth-order valence-electron chi connectivity index (χ4n) is 3.33. The third-order valence-corrected chi connectivity index (χ3v) is 4.67. The van der Waals surface area contributed by atoms with Gasteiger partial charge in [-0.25, -0.2) is 9.97 Å². The van der Waals surface area contributed by atoms with E-state index in [0.717, 1.165) is 54.6 Å². The van der Waals surface area contributed by atoms with E-state index >= 15 is 0 Å². The van der Waals surface area contributed by atoms with Crippen LogP contribution in [0, 0.1) is 0 Å². The standard InChI is InChI=1S/C22H23N3O3/c26-13-7-2-1-6-12-23-21-19-18(16-9-4-3-5-10-16)20(17-11-8-14-27-17)28-22(19)25-15-24-21/h3-5,8-11,14-15,26H,1-2,6-7,12-13H2,(H,23,24,25). The van der Waals surface area contributed by atoms with Gasteiger partial charge in [0.2, 0.25) is 5.71 Å². The third-order valence-electron chi connectivity index (χ3n) is 4.67. The summed E-state index contributed by atoms with van der Waals surface area (Å²) in [7, 11) is 0. The topological polar surface area (TPSA) is 84.3 Å². The summed E-state index contributed by atoms with van der Waals surface area (Å²) in [5, 5.41) is 13.2. The molecule has 6 heteroatoms. The number of fused-ring (bicyclic) bond motifs is 1. The van der Waals surface area contributed by atoms with Gasteiger partial charge < -0.3 is 19.3 Å². The number of aromatic nitrogens is 2. The maximum Gasteiger partial charge on any atom is 0.232 e. The van der Waals surface area contributed by atoms with Crippen LogP contribution in [0.2, 0.25) is 0 Å². The first-order valence-corrected chi connectivity index (χ1v) is 9.60. The minimum atomic E-state index is 0.255. The van der Waals surface area contributed by atoms with Gasteiger partial charge in [-0.1, -0.05) is 43.2 Å². The summed E-state index contributed by atoms with van der Waals surface area (Å²) in [4.78, 5) is 8.81. The Morgan fingerprint density at radius 2 is 1.79 bits per heavy atom. The van der Waals surface area contributed by atoms with Crippen LogP contribution in [0.3, 0.4) is 0 Å². The van der Waals surface area contributed by atoms with Gasteiger partial charge in [0.05, 0.1) is 11.6 Å². The molecule has 4 aromatic rings. The van der Waals surface area contributed by atoms with Gasteiger partial charge in [0, 0.05) is 18.7 Å². The Hall–Kier alpha value is -3.12. The van der Waals surface area contributed by atoms with Crippen molar-refractivity contribution < 1.29 is 13.9 Å². The molecule has 0 aliphatic heterocycles. The lowest BCUT2D eigenvalue weighted by molar-refractivity contribution is 0.283. The number of rotatable bonds is 9. The van der Waals surface area contributed by atoms with Crippen LogP contribution in [-0.4, -0.2) is 28.2 Å². The van der Waals surface area contributed by atoms with Gasteiger partial charge in [0.1, 0.15) is 12.1 Å². The van der Waals surface area contributed by atoms with Crippen molar-refractivity contribution >= 4 is 16.9 Å². The lowest BCUT2D eigenvalue weighted by Crippen LogP contribution is -2.04. The third kappa shape index (κ3) is 3.77. The SMILES string of the molecule is OCCCCCCNc1ncnc2oc(-c3ccco3)c(-c3ccccc3)c12. The monoisotopic (exact) mass is 377 g/mol. The van der Waals surface area contributed by atoms with Gasteiger partial charge in [0.15, 0.2) is 11.5 Å². The quantitative estimate of drug-likeness (QED) is 0.394. The molecular formula is C22H23N3O3. The van der Waals surface area contributed by atoms with E-state index in [-0.39, 0.29) is 6.61 Å². The number of anilines is 1. The smallest absolute Gasteiger partial charge is 0.232 e. The molecule has 0 saturated heterocycles. The van der Waals surface area contributed by atoms with Crippen LogP contribution >= 0.6 is 0 Å². The normalized spacial score (nSPS) is 11.2. The van der Waals surface area contributed by atoms with Crippen molar-refractivity contribution in [3.05, 3.63) is 55.1 Å². The lowest BCUT2D eigenvalue weighted by Gasteiger charge is -2.08. The number of benzene rings is 1. The number of hydrogen-bond acceptors (Lipinski definition) is 6. The molecule has 1 aromatic carbocycles. The summed E-state index contributed by atoms with van der Waals surface area (Å²) >= 11 is 0. The Balaban J connectivity index is 1.71. The maximum absolute atomic E-state index is 8.89.